The predicted octanol–water partition coefficient (Wildman–Crippen LogP) is 1.76. The molecule has 0 radical (unpaired) electrons. The van der Waals surface area contributed by atoms with Gasteiger partial charge in [0, 0.05) is 25.0 Å². The highest BCUT2D eigenvalue weighted by molar-refractivity contribution is 5.74. The summed E-state index contributed by atoms with van der Waals surface area (Å²) in [5.74, 6) is -0.446. The first kappa shape index (κ1) is 19.7. The third kappa shape index (κ3) is 9.28. The largest absolute Gasteiger partial charge is 0.481 e. The zero-order valence-corrected chi connectivity index (χ0v) is 14.2. The minimum absolute atomic E-state index is 0.0323. The zero-order valence-electron chi connectivity index (χ0n) is 14.2. The number of hydrogen-bond acceptors (Lipinski definition) is 3. The molecule has 0 saturated heterocycles. The number of carboxylic acid groups (broad SMARTS) is 1. The lowest BCUT2D eigenvalue weighted by molar-refractivity contribution is -0.138. The number of rotatable bonds is 9. The molecular formula is C15H31N3O3. The molecule has 0 aliphatic heterocycles. The first-order chi connectivity index (χ1) is 9.54. The molecule has 21 heavy (non-hydrogen) atoms. The Hall–Kier alpha value is -1.30. The summed E-state index contributed by atoms with van der Waals surface area (Å²) in [4.78, 5) is 24.7. The van der Waals surface area contributed by atoms with E-state index < -0.39 is 5.97 Å². The molecule has 0 heterocycles. The number of amides is 2. The molecule has 0 aromatic heterocycles. The molecule has 6 heteroatoms. The van der Waals surface area contributed by atoms with E-state index in [1.54, 1.807) is 0 Å². The van der Waals surface area contributed by atoms with Gasteiger partial charge in [0.15, 0.2) is 0 Å². The molecule has 0 aliphatic rings. The summed E-state index contributed by atoms with van der Waals surface area (Å²) in [5, 5.41) is 14.5. The van der Waals surface area contributed by atoms with E-state index in [2.05, 4.69) is 24.5 Å². The molecule has 0 spiro atoms. The van der Waals surface area contributed by atoms with Gasteiger partial charge in [-0.3, -0.25) is 4.79 Å². The Morgan fingerprint density at radius 1 is 1.19 bits per heavy atom. The van der Waals surface area contributed by atoms with Crippen molar-refractivity contribution in [3.8, 4) is 0 Å². The van der Waals surface area contributed by atoms with Crippen molar-refractivity contribution in [2.75, 3.05) is 27.2 Å². The molecule has 0 rings (SSSR count). The first-order valence-corrected chi connectivity index (χ1v) is 7.45. The van der Waals surface area contributed by atoms with E-state index in [0.29, 0.717) is 19.0 Å². The molecule has 3 N–H and O–H groups in total. The molecule has 0 aliphatic carbocycles. The van der Waals surface area contributed by atoms with Gasteiger partial charge in [-0.2, -0.15) is 0 Å². The van der Waals surface area contributed by atoms with Gasteiger partial charge in [0.25, 0.3) is 0 Å². The van der Waals surface area contributed by atoms with Crippen molar-refractivity contribution in [3.05, 3.63) is 0 Å². The van der Waals surface area contributed by atoms with Crippen LogP contribution in [0.2, 0.25) is 0 Å². The van der Waals surface area contributed by atoms with E-state index in [4.69, 9.17) is 5.11 Å². The molecule has 0 bridgehead atoms. The standard InChI is InChI=1S/C15H31N3O3/c1-11(2)7-12(8-13(19)20)9-16-14(21)17-10-15(3,4)18(5)6/h11-12H,7-10H2,1-6H3,(H,19,20)(H2,16,17,21)/t12-/m0/s1. The number of aliphatic carboxylic acids is 1. The van der Waals surface area contributed by atoms with E-state index in [9.17, 15) is 9.59 Å². The van der Waals surface area contributed by atoms with Gasteiger partial charge in [0.2, 0.25) is 0 Å². The number of nitrogens with zero attached hydrogens (tertiary/aromatic N) is 1. The summed E-state index contributed by atoms with van der Waals surface area (Å²) in [7, 11) is 3.93. The fourth-order valence-electron chi connectivity index (χ4n) is 1.91. The third-order valence-corrected chi connectivity index (χ3v) is 3.71. The van der Waals surface area contributed by atoms with Gasteiger partial charge in [-0.1, -0.05) is 13.8 Å². The van der Waals surface area contributed by atoms with Crippen LogP contribution in [0.4, 0.5) is 4.79 Å². The number of carbonyl (C=O) groups is 2. The van der Waals surface area contributed by atoms with Crippen LogP contribution in [0.25, 0.3) is 0 Å². The molecule has 0 saturated carbocycles. The number of urea groups is 1. The summed E-state index contributed by atoms with van der Waals surface area (Å²) in [6.45, 7) is 9.10. The van der Waals surface area contributed by atoms with E-state index in [0.717, 1.165) is 6.42 Å². The average molecular weight is 301 g/mol. The minimum Gasteiger partial charge on any atom is -0.481 e. The topological polar surface area (TPSA) is 81.7 Å². The van der Waals surface area contributed by atoms with Crippen molar-refractivity contribution >= 4 is 12.0 Å². The number of likely N-dealkylation sites (N-methyl/N-ethyl adjacent to an activating group) is 1. The molecule has 1 atom stereocenters. The summed E-state index contributed by atoms with van der Waals surface area (Å²) >= 11 is 0. The summed E-state index contributed by atoms with van der Waals surface area (Å²) in [5.41, 5.74) is -0.129. The van der Waals surface area contributed by atoms with E-state index in [1.165, 1.54) is 0 Å². The van der Waals surface area contributed by atoms with Gasteiger partial charge in [0.05, 0.1) is 0 Å². The van der Waals surface area contributed by atoms with Crippen LogP contribution >= 0.6 is 0 Å². The maximum absolute atomic E-state index is 11.8. The van der Waals surface area contributed by atoms with Crippen molar-refractivity contribution < 1.29 is 14.7 Å². The Labute approximate surface area is 128 Å². The first-order valence-electron chi connectivity index (χ1n) is 7.45. The lowest BCUT2D eigenvalue weighted by Gasteiger charge is -2.32. The van der Waals surface area contributed by atoms with Gasteiger partial charge in [0.1, 0.15) is 0 Å². The van der Waals surface area contributed by atoms with Gasteiger partial charge < -0.3 is 20.6 Å². The second-order valence-corrected chi connectivity index (χ2v) is 6.86. The van der Waals surface area contributed by atoms with Crippen molar-refractivity contribution in [1.82, 2.24) is 15.5 Å². The Kier molecular flexibility index (Phi) is 8.32. The van der Waals surface area contributed by atoms with Crippen molar-refractivity contribution in [2.45, 2.75) is 46.1 Å². The fraction of sp³-hybridized carbons (Fsp3) is 0.867. The summed E-state index contributed by atoms with van der Waals surface area (Å²) in [6, 6.07) is -0.246. The molecule has 0 aromatic carbocycles. The monoisotopic (exact) mass is 301 g/mol. The van der Waals surface area contributed by atoms with Gasteiger partial charge in [-0.15, -0.1) is 0 Å². The normalized spacial score (nSPS) is 13.3. The molecule has 0 aromatic rings. The molecule has 124 valence electrons. The van der Waals surface area contributed by atoms with Crippen LogP contribution in [-0.4, -0.2) is 54.7 Å². The number of carbonyl (C=O) groups excluding carboxylic acids is 1. The molecule has 0 unspecified atom stereocenters. The molecular weight excluding hydrogens is 270 g/mol. The van der Waals surface area contributed by atoms with E-state index >= 15 is 0 Å². The molecule has 2 amide bonds. The van der Waals surface area contributed by atoms with Crippen LogP contribution < -0.4 is 10.6 Å². The highest BCUT2D eigenvalue weighted by Gasteiger charge is 2.21. The summed E-state index contributed by atoms with van der Waals surface area (Å²) in [6.07, 6.45) is 0.872. The second kappa shape index (κ2) is 8.87. The number of hydrogen-bond donors (Lipinski definition) is 3. The lowest BCUT2D eigenvalue weighted by atomic mass is 9.94. The zero-order chi connectivity index (χ0) is 16.6. The summed E-state index contributed by atoms with van der Waals surface area (Å²) < 4.78 is 0. The van der Waals surface area contributed by atoms with Crippen LogP contribution in [-0.2, 0) is 4.79 Å². The minimum atomic E-state index is -0.823. The average Bonchev–Trinajstić information content (AvgIpc) is 2.32. The smallest absolute Gasteiger partial charge is 0.314 e. The highest BCUT2D eigenvalue weighted by Crippen LogP contribution is 2.14. The quantitative estimate of drug-likeness (QED) is 0.606. The van der Waals surface area contributed by atoms with Crippen molar-refractivity contribution in [2.24, 2.45) is 11.8 Å². The second-order valence-electron chi connectivity index (χ2n) is 6.86. The Bertz CT molecular complexity index is 341. The van der Waals surface area contributed by atoms with E-state index in [1.807, 2.05) is 32.8 Å². The Morgan fingerprint density at radius 3 is 2.19 bits per heavy atom. The van der Waals surface area contributed by atoms with Gasteiger partial charge >= 0.3 is 12.0 Å². The number of nitrogens with one attached hydrogen (secondary N) is 2. The molecule has 0 fully saturated rings. The SMILES string of the molecule is CC(C)C[C@H](CNC(=O)NCC(C)(C)N(C)C)CC(=O)O. The van der Waals surface area contributed by atoms with Crippen LogP contribution in [0.1, 0.15) is 40.5 Å². The molecule has 6 nitrogen and oxygen atoms in total. The Balaban J connectivity index is 4.21. The Morgan fingerprint density at radius 2 is 1.76 bits per heavy atom. The van der Waals surface area contributed by atoms with Crippen molar-refractivity contribution in [1.29, 1.82) is 0 Å². The third-order valence-electron chi connectivity index (χ3n) is 3.71. The maximum atomic E-state index is 11.8. The fourth-order valence-corrected chi connectivity index (χ4v) is 1.91. The van der Waals surface area contributed by atoms with Gasteiger partial charge in [-0.25, -0.2) is 4.79 Å². The predicted molar refractivity (Wildman–Crippen MR) is 84.4 cm³/mol. The van der Waals surface area contributed by atoms with Crippen LogP contribution in [0.15, 0.2) is 0 Å². The highest BCUT2D eigenvalue weighted by atomic mass is 16.4. The number of carboxylic acids is 1. The van der Waals surface area contributed by atoms with Crippen LogP contribution in [0.5, 0.6) is 0 Å². The lowest BCUT2D eigenvalue weighted by Crippen LogP contribution is -2.50. The van der Waals surface area contributed by atoms with Crippen LogP contribution in [0.3, 0.4) is 0 Å². The van der Waals surface area contributed by atoms with Crippen molar-refractivity contribution in [3.63, 3.8) is 0 Å². The maximum Gasteiger partial charge on any atom is 0.314 e. The van der Waals surface area contributed by atoms with E-state index in [-0.39, 0.29) is 23.9 Å². The van der Waals surface area contributed by atoms with Crippen LogP contribution in [0, 0.1) is 11.8 Å². The van der Waals surface area contributed by atoms with Gasteiger partial charge in [-0.05, 0) is 46.2 Å².